The van der Waals surface area contributed by atoms with E-state index in [9.17, 15) is 0 Å². The van der Waals surface area contributed by atoms with Crippen LogP contribution >= 0.6 is 0 Å². The van der Waals surface area contributed by atoms with Gasteiger partial charge in [-0.25, -0.2) is 0 Å². The highest BCUT2D eigenvalue weighted by Gasteiger charge is 2.20. The van der Waals surface area contributed by atoms with Gasteiger partial charge in [-0.1, -0.05) is 46.8 Å². The van der Waals surface area contributed by atoms with Gasteiger partial charge in [0.25, 0.3) is 0 Å². The average molecular weight is 272 g/mol. The molecule has 0 spiro atoms. The van der Waals surface area contributed by atoms with Gasteiger partial charge in [-0.3, -0.25) is 0 Å². The van der Waals surface area contributed by atoms with Crippen LogP contribution in [0.2, 0.25) is 0 Å². The molecular formula is C19H28O. The molecule has 1 nitrogen and oxygen atoms in total. The minimum atomic E-state index is 0.0926. The van der Waals surface area contributed by atoms with Crippen molar-refractivity contribution in [2.24, 2.45) is 0 Å². The monoisotopic (exact) mass is 272 g/mol. The standard InChI is InChI=1S/C19H28O/c1-7-9-10-11-15(3)16-12-13-18(20-8-2)17(14-16)19(4,5)6/h12-15H,7-8,11H2,1-6H3. The van der Waals surface area contributed by atoms with Crippen molar-refractivity contribution in [1.82, 2.24) is 0 Å². The second-order valence-electron chi connectivity index (χ2n) is 6.25. The molecule has 0 aliphatic carbocycles. The van der Waals surface area contributed by atoms with Crippen LogP contribution in [-0.2, 0) is 5.41 Å². The molecular weight excluding hydrogens is 244 g/mol. The molecule has 0 amide bonds. The maximum absolute atomic E-state index is 5.77. The molecule has 0 fully saturated rings. The molecule has 20 heavy (non-hydrogen) atoms. The van der Waals surface area contributed by atoms with Gasteiger partial charge >= 0.3 is 0 Å². The Morgan fingerprint density at radius 1 is 1.15 bits per heavy atom. The Kier molecular flexibility index (Phi) is 6.14. The Bertz CT molecular complexity index is 483. The second kappa shape index (κ2) is 7.39. The van der Waals surface area contributed by atoms with E-state index in [1.165, 1.54) is 11.1 Å². The fraction of sp³-hybridized carbons (Fsp3) is 0.579. The van der Waals surface area contributed by atoms with Crippen molar-refractivity contribution >= 4 is 0 Å². The van der Waals surface area contributed by atoms with Crippen molar-refractivity contribution in [3.8, 4) is 17.6 Å². The number of rotatable bonds is 4. The first-order chi connectivity index (χ1) is 9.40. The Labute approximate surface area is 124 Å². The third kappa shape index (κ3) is 4.60. The van der Waals surface area contributed by atoms with Crippen molar-refractivity contribution in [3.05, 3.63) is 29.3 Å². The first-order valence-electron chi connectivity index (χ1n) is 7.63. The SMILES string of the molecule is CCC#CCC(C)c1ccc(OCC)c(C(C)(C)C)c1. The summed E-state index contributed by atoms with van der Waals surface area (Å²) in [6, 6.07) is 6.59. The maximum atomic E-state index is 5.77. The Balaban J connectivity index is 3.06. The summed E-state index contributed by atoms with van der Waals surface area (Å²) in [6.45, 7) is 13.8. The molecule has 1 unspecified atom stereocenters. The van der Waals surface area contributed by atoms with Crippen LogP contribution in [0.5, 0.6) is 5.75 Å². The number of hydrogen-bond donors (Lipinski definition) is 0. The number of ether oxygens (including phenoxy) is 1. The molecule has 1 rings (SSSR count). The van der Waals surface area contributed by atoms with Gasteiger partial charge in [0.05, 0.1) is 6.61 Å². The van der Waals surface area contributed by atoms with Gasteiger partial charge in [0, 0.05) is 12.8 Å². The molecule has 0 N–H and O–H groups in total. The molecule has 1 atom stereocenters. The molecule has 0 bridgehead atoms. The van der Waals surface area contributed by atoms with Crippen LogP contribution in [-0.4, -0.2) is 6.61 Å². The Morgan fingerprint density at radius 3 is 2.40 bits per heavy atom. The summed E-state index contributed by atoms with van der Waals surface area (Å²) in [7, 11) is 0. The zero-order valence-corrected chi connectivity index (χ0v) is 13.8. The summed E-state index contributed by atoms with van der Waals surface area (Å²) in [5.74, 6) is 7.87. The zero-order valence-electron chi connectivity index (χ0n) is 13.8. The lowest BCUT2D eigenvalue weighted by atomic mass is 9.83. The van der Waals surface area contributed by atoms with Crippen LogP contribution in [0.25, 0.3) is 0 Å². The van der Waals surface area contributed by atoms with Crippen LogP contribution in [0.3, 0.4) is 0 Å². The summed E-state index contributed by atoms with van der Waals surface area (Å²) in [4.78, 5) is 0. The van der Waals surface area contributed by atoms with Crippen molar-refractivity contribution in [3.63, 3.8) is 0 Å². The van der Waals surface area contributed by atoms with Crippen LogP contribution in [0.15, 0.2) is 18.2 Å². The average Bonchev–Trinajstić information content (AvgIpc) is 2.38. The lowest BCUT2D eigenvalue weighted by molar-refractivity contribution is 0.329. The van der Waals surface area contributed by atoms with Gasteiger partial charge in [-0.15, -0.1) is 11.8 Å². The highest BCUT2D eigenvalue weighted by molar-refractivity contribution is 5.42. The molecule has 0 saturated heterocycles. The Morgan fingerprint density at radius 2 is 1.85 bits per heavy atom. The second-order valence-corrected chi connectivity index (χ2v) is 6.25. The van der Waals surface area contributed by atoms with Gasteiger partial charge in [0.1, 0.15) is 5.75 Å². The van der Waals surface area contributed by atoms with E-state index in [0.717, 1.165) is 18.6 Å². The first-order valence-corrected chi connectivity index (χ1v) is 7.63. The lowest BCUT2D eigenvalue weighted by Gasteiger charge is -2.24. The molecule has 0 aliphatic heterocycles. The van der Waals surface area contributed by atoms with E-state index in [1.54, 1.807) is 0 Å². The summed E-state index contributed by atoms with van der Waals surface area (Å²) < 4.78 is 5.77. The predicted molar refractivity (Wildman–Crippen MR) is 87.4 cm³/mol. The van der Waals surface area contributed by atoms with Crippen molar-refractivity contribution in [2.75, 3.05) is 6.61 Å². The highest BCUT2D eigenvalue weighted by Crippen LogP contribution is 2.34. The minimum absolute atomic E-state index is 0.0926. The molecule has 0 heterocycles. The van der Waals surface area contributed by atoms with Crippen molar-refractivity contribution < 1.29 is 4.74 Å². The largest absolute Gasteiger partial charge is 0.494 e. The third-order valence-electron chi connectivity index (χ3n) is 3.39. The van der Waals surface area contributed by atoms with E-state index in [4.69, 9.17) is 4.74 Å². The maximum Gasteiger partial charge on any atom is 0.123 e. The molecule has 110 valence electrons. The van der Waals surface area contributed by atoms with Crippen LogP contribution in [0.1, 0.15) is 71.4 Å². The summed E-state index contributed by atoms with van der Waals surface area (Å²) in [5.41, 5.74) is 2.73. The topological polar surface area (TPSA) is 9.23 Å². The molecule has 1 aromatic carbocycles. The van der Waals surface area contributed by atoms with Crippen LogP contribution in [0, 0.1) is 11.8 Å². The smallest absolute Gasteiger partial charge is 0.123 e. The van der Waals surface area contributed by atoms with Gasteiger partial charge in [0.2, 0.25) is 0 Å². The minimum Gasteiger partial charge on any atom is -0.494 e. The third-order valence-corrected chi connectivity index (χ3v) is 3.39. The fourth-order valence-electron chi connectivity index (χ4n) is 2.19. The van der Waals surface area contributed by atoms with E-state index >= 15 is 0 Å². The van der Waals surface area contributed by atoms with Crippen molar-refractivity contribution in [2.45, 2.75) is 65.7 Å². The van der Waals surface area contributed by atoms with Crippen LogP contribution in [0.4, 0.5) is 0 Å². The number of benzene rings is 1. The molecule has 1 heteroatoms. The summed E-state index contributed by atoms with van der Waals surface area (Å²) >= 11 is 0. The van der Waals surface area contributed by atoms with Gasteiger partial charge in [-0.05, 0) is 35.4 Å². The van der Waals surface area contributed by atoms with E-state index in [0.29, 0.717) is 12.5 Å². The zero-order chi connectivity index (χ0) is 15.2. The van der Waals surface area contributed by atoms with Crippen molar-refractivity contribution in [1.29, 1.82) is 0 Å². The van der Waals surface area contributed by atoms with E-state index in [-0.39, 0.29) is 5.41 Å². The fourth-order valence-corrected chi connectivity index (χ4v) is 2.19. The van der Waals surface area contributed by atoms with Gasteiger partial charge in [-0.2, -0.15) is 0 Å². The lowest BCUT2D eigenvalue weighted by Crippen LogP contribution is -2.14. The molecule has 0 aliphatic rings. The quantitative estimate of drug-likeness (QED) is 0.677. The summed E-state index contributed by atoms with van der Waals surface area (Å²) in [6.07, 6.45) is 1.86. The normalized spacial score (nSPS) is 12.5. The van der Waals surface area contributed by atoms with E-state index < -0.39 is 0 Å². The van der Waals surface area contributed by atoms with Gasteiger partial charge < -0.3 is 4.74 Å². The van der Waals surface area contributed by atoms with E-state index in [2.05, 4.69) is 64.7 Å². The van der Waals surface area contributed by atoms with E-state index in [1.807, 2.05) is 6.92 Å². The molecule has 0 aromatic heterocycles. The molecule has 0 radical (unpaired) electrons. The van der Waals surface area contributed by atoms with Gasteiger partial charge in [0.15, 0.2) is 0 Å². The molecule has 1 aromatic rings. The first kappa shape index (κ1) is 16.6. The number of hydrogen-bond acceptors (Lipinski definition) is 1. The Hall–Kier alpha value is -1.42. The highest BCUT2D eigenvalue weighted by atomic mass is 16.5. The molecule has 0 saturated carbocycles. The van der Waals surface area contributed by atoms with Crippen LogP contribution < -0.4 is 4.74 Å². The summed E-state index contributed by atoms with van der Waals surface area (Å²) in [5, 5.41) is 0. The predicted octanol–water partition coefficient (Wildman–Crippen LogP) is 5.29.